The van der Waals surface area contributed by atoms with Gasteiger partial charge in [0.05, 0.1) is 20.8 Å². The molecular weight excluding hydrogens is 332 g/mol. The molecule has 2 aromatic carbocycles. The van der Waals surface area contributed by atoms with E-state index in [1.807, 2.05) is 48.5 Å². The summed E-state index contributed by atoms with van der Waals surface area (Å²) in [6, 6.07) is 14.9. The molecule has 0 bridgehead atoms. The zero-order valence-electron chi connectivity index (χ0n) is 15.1. The van der Waals surface area contributed by atoms with Crippen molar-refractivity contribution in [1.82, 2.24) is 9.88 Å². The predicted molar refractivity (Wildman–Crippen MR) is 100 cm³/mol. The van der Waals surface area contributed by atoms with Crippen LogP contribution in [-0.2, 0) is 0 Å². The zero-order valence-corrected chi connectivity index (χ0v) is 15.1. The largest absolute Gasteiger partial charge is 0.497 e. The maximum absolute atomic E-state index is 12.6. The Morgan fingerprint density at radius 1 is 0.962 bits per heavy atom. The summed E-state index contributed by atoms with van der Waals surface area (Å²) in [5.74, 6) is 2.18. The molecule has 26 heavy (non-hydrogen) atoms. The van der Waals surface area contributed by atoms with Crippen LogP contribution in [0.25, 0.3) is 10.9 Å². The van der Waals surface area contributed by atoms with E-state index in [0.717, 1.165) is 28.2 Å². The molecule has 0 radical (unpaired) electrons. The quantitative estimate of drug-likeness (QED) is 0.707. The van der Waals surface area contributed by atoms with Gasteiger partial charge in [0.15, 0.2) is 0 Å². The fraction of sp³-hybridized carbons (Fsp3) is 0.250. The van der Waals surface area contributed by atoms with Crippen molar-refractivity contribution in [2.75, 3.05) is 34.4 Å². The number of nitrogens with zero attached hydrogens (tertiary/aromatic N) is 1. The van der Waals surface area contributed by atoms with Crippen molar-refractivity contribution in [3.63, 3.8) is 0 Å². The summed E-state index contributed by atoms with van der Waals surface area (Å²) >= 11 is 0. The van der Waals surface area contributed by atoms with E-state index in [1.54, 1.807) is 26.2 Å². The first-order valence-electron chi connectivity index (χ1n) is 8.30. The molecule has 0 aliphatic carbocycles. The number of fused-ring (bicyclic) bond motifs is 1. The molecule has 136 valence electrons. The van der Waals surface area contributed by atoms with E-state index >= 15 is 0 Å². The van der Waals surface area contributed by atoms with Gasteiger partial charge in [0.1, 0.15) is 29.5 Å². The first-order valence-corrected chi connectivity index (χ1v) is 8.30. The molecule has 1 aromatic heterocycles. The second kappa shape index (κ2) is 7.82. The molecule has 1 heterocycles. The molecule has 1 amide bonds. The minimum absolute atomic E-state index is 0.0847. The number of nitrogens with one attached hydrogen (secondary N) is 1. The second-order valence-electron chi connectivity index (χ2n) is 5.89. The number of hydrogen-bond acceptors (Lipinski definition) is 4. The molecule has 0 aliphatic heterocycles. The van der Waals surface area contributed by atoms with Crippen LogP contribution in [0.2, 0.25) is 0 Å². The van der Waals surface area contributed by atoms with Gasteiger partial charge < -0.3 is 24.1 Å². The van der Waals surface area contributed by atoms with Crippen molar-refractivity contribution in [2.45, 2.75) is 0 Å². The summed E-state index contributed by atoms with van der Waals surface area (Å²) in [5.41, 5.74) is 1.41. The predicted octanol–water partition coefficient (Wildman–Crippen LogP) is 3.34. The lowest BCUT2D eigenvalue weighted by Gasteiger charge is -2.16. The highest BCUT2D eigenvalue weighted by molar-refractivity contribution is 5.98. The molecule has 0 aliphatic rings. The molecule has 1 N–H and O–H groups in total. The Labute approximate surface area is 152 Å². The van der Waals surface area contributed by atoms with Crippen LogP contribution < -0.4 is 14.2 Å². The maximum Gasteiger partial charge on any atom is 0.270 e. The van der Waals surface area contributed by atoms with Crippen molar-refractivity contribution < 1.29 is 19.0 Å². The molecule has 3 aromatic rings. The normalized spacial score (nSPS) is 10.6. The lowest BCUT2D eigenvalue weighted by molar-refractivity contribution is 0.0769. The van der Waals surface area contributed by atoms with Gasteiger partial charge in [-0.3, -0.25) is 4.79 Å². The van der Waals surface area contributed by atoms with Gasteiger partial charge >= 0.3 is 0 Å². The Morgan fingerprint density at radius 3 is 2.31 bits per heavy atom. The van der Waals surface area contributed by atoms with Crippen molar-refractivity contribution >= 4 is 16.8 Å². The van der Waals surface area contributed by atoms with Crippen LogP contribution in [0.5, 0.6) is 17.2 Å². The molecule has 0 spiro atoms. The van der Waals surface area contributed by atoms with E-state index < -0.39 is 0 Å². The molecule has 0 atom stereocenters. The third-order valence-corrected chi connectivity index (χ3v) is 4.16. The number of carbonyl (C=O) groups is 1. The molecular formula is C20H22N2O4. The Bertz CT molecular complexity index is 886. The number of benzene rings is 2. The van der Waals surface area contributed by atoms with Gasteiger partial charge in [0.2, 0.25) is 0 Å². The monoisotopic (exact) mass is 354 g/mol. The van der Waals surface area contributed by atoms with Crippen LogP contribution in [0, 0.1) is 0 Å². The number of carbonyl (C=O) groups excluding carboxylic acids is 1. The Kier molecular flexibility index (Phi) is 5.31. The van der Waals surface area contributed by atoms with E-state index in [2.05, 4.69) is 4.98 Å². The van der Waals surface area contributed by atoms with E-state index in [0.29, 0.717) is 18.8 Å². The number of hydrogen-bond donors (Lipinski definition) is 1. The number of methoxy groups -OCH3 is 2. The van der Waals surface area contributed by atoms with Gasteiger partial charge in [-0.1, -0.05) is 0 Å². The summed E-state index contributed by atoms with van der Waals surface area (Å²) in [6.07, 6.45) is 0. The van der Waals surface area contributed by atoms with Gasteiger partial charge in [-0.15, -0.1) is 0 Å². The lowest BCUT2D eigenvalue weighted by atomic mass is 10.2. The molecule has 6 heteroatoms. The molecule has 0 unspecified atom stereocenters. The second-order valence-corrected chi connectivity index (χ2v) is 5.89. The van der Waals surface area contributed by atoms with E-state index in [1.165, 1.54) is 0 Å². The fourth-order valence-electron chi connectivity index (χ4n) is 2.63. The Hall–Kier alpha value is -3.15. The highest BCUT2D eigenvalue weighted by Crippen LogP contribution is 2.22. The van der Waals surface area contributed by atoms with Crippen LogP contribution in [0.4, 0.5) is 0 Å². The number of aromatic amines is 1. The number of likely N-dealkylation sites (N-methyl/N-ethyl adjacent to an activating group) is 1. The summed E-state index contributed by atoms with van der Waals surface area (Å²) in [7, 11) is 5.00. The Morgan fingerprint density at radius 2 is 1.62 bits per heavy atom. The molecule has 0 saturated carbocycles. The first kappa shape index (κ1) is 17.7. The number of amides is 1. The van der Waals surface area contributed by atoms with Gasteiger partial charge in [0, 0.05) is 24.0 Å². The number of ether oxygens (including phenoxy) is 3. The smallest absolute Gasteiger partial charge is 0.270 e. The summed E-state index contributed by atoms with van der Waals surface area (Å²) in [4.78, 5) is 17.4. The highest BCUT2D eigenvalue weighted by Gasteiger charge is 2.14. The molecule has 0 saturated heterocycles. The highest BCUT2D eigenvalue weighted by atomic mass is 16.5. The first-order chi connectivity index (χ1) is 12.6. The van der Waals surface area contributed by atoms with E-state index in [-0.39, 0.29) is 5.91 Å². The van der Waals surface area contributed by atoms with E-state index in [4.69, 9.17) is 14.2 Å². The average molecular weight is 354 g/mol. The van der Waals surface area contributed by atoms with Crippen LogP contribution >= 0.6 is 0 Å². The zero-order chi connectivity index (χ0) is 18.5. The van der Waals surface area contributed by atoms with Gasteiger partial charge in [0.25, 0.3) is 5.91 Å². The summed E-state index contributed by atoms with van der Waals surface area (Å²) in [5, 5.41) is 0.969. The molecule has 0 fully saturated rings. The van der Waals surface area contributed by atoms with Crippen molar-refractivity contribution in [3.8, 4) is 17.2 Å². The SMILES string of the molecule is COc1ccc(OCCN(C)C(=O)c2cc3ccc(OC)cc3[nH]2)cc1. The maximum atomic E-state index is 12.6. The standard InChI is InChI=1S/C20H22N2O4/c1-22(10-11-26-16-8-6-15(24-2)7-9-16)20(23)19-12-14-4-5-17(25-3)13-18(14)21-19/h4-9,12-13,21H,10-11H2,1-3H3. The number of aromatic nitrogens is 1. The van der Waals surface area contributed by atoms with Crippen LogP contribution in [0.1, 0.15) is 10.5 Å². The molecule has 3 rings (SSSR count). The van der Waals surface area contributed by atoms with Gasteiger partial charge in [-0.2, -0.15) is 0 Å². The van der Waals surface area contributed by atoms with Crippen LogP contribution in [0.3, 0.4) is 0 Å². The fourth-order valence-corrected chi connectivity index (χ4v) is 2.63. The number of rotatable bonds is 7. The van der Waals surface area contributed by atoms with Crippen LogP contribution in [0.15, 0.2) is 48.5 Å². The van der Waals surface area contributed by atoms with Crippen molar-refractivity contribution in [2.24, 2.45) is 0 Å². The third kappa shape index (κ3) is 3.91. The Balaban J connectivity index is 1.58. The molecule has 6 nitrogen and oxygen atoms in total. The third-order valence-electron chi connectivity index (χ3n) is 4.16. The average Bonchev–Trinajstić information content (AvgIpc) is 3.10. The number of H-pyrrole nitrogens is 1. The topological polar surface area (TPSA) is 63.8 Å². The summed E-state index contributed by atoms with van der Waals surface area (Å²) < 4.78 is 16.0. The van der Waals surface area contributed by atoms with E-state index in [9.17, 15) is 4.79 Å². The van der Waals surface area contributed by atoms with Crippen LogP contribution in [-0.4, -0.2) is 50.2 Å². The van der Waals surface area contributed by atoms with Gasteiger partial charge in [-0.25, -0.2) is 0 Å². The van der Waals surface area contributed by atoms with Crippen molar-refractivity contribution in [3.05, 3.63) is 54.2 Å². The minimum Gasteiger partial charge on any atom is -0.497 e. The summed E-state index contributed by atoms with van der Waals surface area (Å²) in [6.45, 7) is 0.881. The minimum atomic E-state index is -0.0847. The van der Waals surface area contributed by atoms with Gasteiger partial charge in [-0.05, 0) is 42.5 Å². The lowest BCUT2D eigenvalue weighted by Crippen LogP contribution is -2.31. The van der Waals surface area contributed by atoms with Crippen molar-refractivity contribution in [1.29, 1.82) is 0 Å².